The number of benzene rings is 1. The first kappa shape index (κ1) is 19.6. The van der Waals surface area contributed by atoms with E-state index in [-0.39, 0.29) is 5.75 Å². The summed E-state index contributed by atoms with van der Waals surface area (Å²) < 4.78 is 29.6. The average Bonchev–Trinajstić information content (AvgIpc) is 3.20. The maximum Gasteiger partial charge on any atom is 0.216 e. The molecule has 0 N–H and O–H groups in total. The van der Waals surface area contributed by atoms with Gasteiger partial charge in [-0.15, -0.1) is 0 Å². The molecule has 1 aromatic carbocycles. The number of methoxy groups -OCH3 is 1. The Morgan fingerprint density at radius 2 is 1.81 bits per heavy atom. The minimum atomic E-state index is -3.20. The maximum absolute atomic E-state index is 12.1. The van der Waals surface area contributed by atoms with Gasteiger partial charge in [-0.05, 0) is 49.4 Å². The molecule has 4 nitrogen and oxygen atoms in total. The fourth-order valence-corrected chi connectivity index (χ4v) is 4.45. The van der Waals surface area contributed by atoms with Gasteiger partial charge < -0.3 is 4.74 Å². The van der Waals surface area contributed by atoms with Gasteiger partial charge in [0.2, 0.25) is 5.88 Å². The van der Waals surface area contributed by atoms with Crippen LogP contribution in [0.25, 0.3) is 5.57 Å². The molecule has 0 spiro atoms. The summed E-state index contributed by atoms with van der Waals surface area (Å²) in [5, 5.41) is 0. The van der Waals surface area contributed by atoms with Gasteiger partial charge in [-0.3, -0.25) is 0 Å². The quantitative estimate of drug-likeness (QED) is 0.716. The van der Waals surface area contributed by atoms with Gasteiger partial charge in [-0.2, -0.15) is 0 Å². The van der Waals surface area contributed by atoms with E-state index in [1.54, 1.807) is 26.2 Å². The van der Waals surface area contributed by atoms with E-state index in [1.165, 1.54) is 25.7 Å². The molecule has 3 rings (SSSR count). The highest BCUT2D eigenvalue weighted by molar-refractivity contribution is 7.91. The Labute approximate surface area is 162 Å². The molecule has 1 aromatic heterocycles. The number of sulfone groups is 1. The van der Waals surface area contributed by atoms with Gasteiger partial charge >= 0.3 is 0 Å². The number of allylic oxidation sites excluding steroid dienone is 1. The molecule has 0 radical (unpaired) electrons. The number of hydrogen-bond donors (Lipinski definition) is 0. The average molecular weight is 386 g/mol. The second-order valence-corrected chi connectivity index (χ2v) is 9.35. The second-order valence-electron chi connectivity index (χ2n) is 7.08. The molecule has 2 aromatic rings. The van der Waals surface area contributed by atoms with Gasteiger partial charge in [0.15, 0.2) is 9.84 Å². The third-order valence-electron chi connectivity index (χ3n) is 5.23. The number of aromatic nitrogens is 1. The standard InChI is InChI=1S/C22H27NO3S/c1-4-27(24,25)19-12-10-18(11-13-19)20(15-17-7-5-6-8-17)21-14-9-16(2)22(23-21)26-3/h9-15,17H,4-8H2,1-3H3/b20-15+. The second kappa shape index (κ2) is 8.26. The molecule has 0 saturated heterocycles. The maximum atomic E-state index is 12.1. The zero-order valence-electron chi connectivity index (χ0n) is 16.2. The topological polar surface area (TPSA) is 56.3 Å². The number of hydrogen-bond acceptors (Lipinski definition) is 4. The van der Waals surface area contributed by atoms with Gasteiger partial charge in [-0.25, -0.2) is 13.4 Å². The van der Waals surface area contributed by atoms with Crippen LogP contribution in [0.15, 0.2) is 47.4 Å². The summed E-state index contributed by atoms with van der Waals surface area (Å²) in [6.07, 6.45) is 7.19. The van der Waals surface area contributed by atoms with Crippen LogP contribution in [0.3, 0.4) is 0 Å². The fourth-order valence-electron chi connectivity index (χ4n) is 3.56. The molecule has 1 aliphatic rings. The van der Waals surface area contributed by atoms with Crippen molar-refractivity contribution in [2.24, 2.45) is 5.92 Å². The van der Waals surface area contributed by atoms with Crippen molar-refractivity contribution in [3.05, 3.63) is 59.3 Å². The van der Waals surface area contributed by atoms with Gasteiger partial charge in [0.1, 0.15) is 0 Å². The molecule has 1 fully saturated rings. The fraction of sp³-hybridized carbons (Fsp3) is 0.409. The van der Waals surface area contributed by atoms with Crippen molar-refractivity contribution in [2.75, 3.05) is 12.9 Å². The SMILES string of the molecule is CCS(=O)(=O)c1ccc(/C(=C\C2CCCC2)c2ccc(C)c(OC)n2)cc1. The highest BCUT2D eigenvalue weighted by Gasteiger charge is 2.18. The van der Waals surface area contributed by atoms with Crippen LogP contribution >= 0.6 is 0 Å². The van der Waals surface area contributed by atoms with E-state index in [9.17, 15) is 8.42 Å². The molecular weight excluding hydrogens is 358 g/mol. The summed E-state index contributed by atoms with van der Waals surface area (Å²) in [5.74, 6) is 1.26. The van der Waals surface area contributed by atoms with Crippen molar-refractivity contribution >= 4 is 15.4 Å². The lowest BCUT2D eigenvalue weighted by molar-refractivity contribution is 0.394. The minimum absolute atomic E-state index is 0.105. The molecule has 0 unspecified atom stereocenters. The van der Waals surface area contributed by atoms with Crippen molar-refractivity contribution in [1.29, 1.82) is 0 Å². The highest BCUT2D eigenvalue weighted by atomic mass is 32.2. The first-order valence-corrected chi connectivity index (χ1v) is 11.2. The number of ether oxygens (including phenoxy) is 1. The van der Waals surface area contributed by atoms with Gasteiger partial charge in [-0.1, -0.05) is 44.0 Å². The molecule has 0 aliphatic heterocycles. The third kappa shape index (κ3) is 4.41. The third-order valence-corrected chi connectivity index (χ3v) is 6.98. The zero-order chi connectivity index (χ0) is 19.4. The van der Waals surface area contributed by atoms with E-state index in [0.717, 1.165) is 22.4 Å². The van der Waals surface area contributed by atoms with E-state index < -0.39 is 9.84 Å². The van der Waals surface area contributed by atoms with E-state index in [1.807, 2.05) is 31.2 Å². The first-order chi connectivity index (χ1) is 12.9. The number of pyridine rings is 1. The van der Waals surface area contributed by atoms with Crippen molar-refractivity contribution < 1.29 is 13.2 Å². The summed E-state index contributed by atoms with van der Waals surface area (Å²) in [6, 6.07) is 11.2. The Morgan fingerprint density at radius 3 is 2.41 bits per heavy atom. The molecule has 144 valence electrons. The lowest BCUT2D eigenvalue weighted by atomic mass is 9.96. The van der Waals surface area contributed by atoms with Crippen LogP contribution in [0, 0.1) is 12.8 Å². The van der Waals surface area contributed by atoms with Crippen LogP contribution in [0.2, 0.25) is 0 Å². The van der Waals surface area contributed by atoms with Crippen LogP contribution in [-0.2, 0) is 9.84 Å². The predicted molar refractivity (Wildman–Crippen MR) is 109 cm³/mol. The Hall–Kier alpha value is -2.14. The van der Waals surface area contributed by atoms with E-state index in [2.05, 4.69) is 11.1 Å². The monoisotopic (exact) mass is 385 g/mol. The largest absolute Gasteiger partial charge is 0.481 e. The number of nitrogens with zero attached hydrogens (tertiary/aromatic N) is 1. The summed E-state index contributed by atoms with van der Waals surface area (Å²) >= 11 is 0. The van der Waals surface area contributed by atoms with E-state index in [4.69, 9.17) is 4.74 Å². The summed E-state index contributed by atoms with van der Waals surface area (Å²) in [7, 11) is -1.57. The Bertz CT molecular complexity index is 925. The van der Waals surface area contributed by atoms with Crippen molar-refractivity contribution in [2.45, 2.75) is 44.4 Å². The van der Waals surface area contributed by atoms with Crippen molar-refractivity contribution in [3.63, 3.8) is 0 Å². The number of rotatable bonds is 6. The zero-order valence-corrected chi connectivity index (χ0v) is 17.1. The van der Waals surface area contributed by atoms with Crippen LogP contribution in [-0.4, -0.2) is 26.3 Å². The molecule has 0 amide bonds. The summed E-state index contributed by atoms with van der Waals surface area (Å²) in [6.45, 7) is 3.64. The highest BCUT2D eigenvalue weighted by Crippen LogP contribution is 2.33. The van der Waals surface area contributed by atoms with Crippen LogP contribution in [0.1, 0.15) is 49.4 Å². The molecule has 1 heterocycles. The molecule has 27 heavy (non-hydrogen) atoms. The first-order valence-electron chi connectivity index (χ1n) is 9.51. The normalized spacial score (nSPS) is 15.9. The molecule has 0 bridgehead atoms. The van der Waals surface area contributed by atoms with Crippen molar-refractivity contribution in [3.8, 4) is 5.88 Å². The molecule has 1 saturated carbocycles. The Morgan fingerprint density at radius 1 is 1.15 bits per heavy atom. The lowest BCUT2D eigenvalue weighted by Crippen LogP contribution is -2.04. The smallest absolute Gasteiger partial charge is 0.216 e. The van der Waals surface area contributed by atoms with E-state index >= 15 is 0 Å². The van der Waals surface area contributed by atoms with Crippen LogP contribution in [0.4, 0.5) is 0 Å². The van der Waals surface area contributed by atoms with E-state index in [0.29, 0.717) is 16.7 Å². The summed E-state index contributed by atoms with van der Waals surface area (Å²) in [5.41, 5.74) is 3.87. The van der Waals surface area contributed by atoms with Gasteiger partial charge in [0, 0.05) is 11.1 Å². The predicted octanol–water partition coefficient (Wildman–Crippen LogP) is 4.81. The van der Waals surface area contributed by atoms with Gasteiger partial charge in [0.05, 0.1) is 23.5 Å². The Balaban J connectivity index is 2.05. The summed E-state index contributed by atoms with van der Waals surface area (Å²) in [4.78, 5) is 5.05. The molecule has 1 aliphatic carbocycles. The minimum Gasteiger partial charge on any atom is -0.481 e. The molecular formula is C22H27NO3S. The lowest BCUT2D eigenvalue weighted by Gasteiger charge is -2.14. The Kier molecular flexibility index (Phi) is 6.00. The van der Waals surface area contributed by atoms with Gasteiger partial charge in [0.25, 0.3) is 0 Å². The number of aryl methyl sites for hydroxylation is 1. The van der Waals surface area contributed by atoms with Crippen molar-refractivity contribution in [1.82, 2.24) is 4.98 Å². The molecule has 5 heteroatoms. The van der Waals surface area contributed by atoms with Crippen LogP contribution in [0.5, 0.6) is 5.88 Å². The van der Waals surface area contributed by atoms with Crippen LogP contribution < -0.4 is 4.74 Å². The molecule has 0 atom stereocenters.